The third-order valence-electron chi connectivity index (χ3n) is 3.21. The molecule has 0 saturated heterocycles. The van der Waals surface area contributed by atoms with E-state index in [4.69, 9.17) is 11.6 Å². The van der Waals surface area contributed by atoms with Crippen LogP contribution in [0, 0.1) is 0 Å². The first-order valence-corrected chi connectivity index (χ1v) is 7.22. The number of amides is 2. The third kappa shape index (κ3) is 3.54. The van der Waals surface area contributed by atoms with E-state index in [2.05, 4.69) is 15.6 Å². The lowest BCUT2D eigenvalue weighted by molar-refractivity contribution is 0.251. The average molecular weight is 312 g/mol. The predicted octanol–water partition coefficient (Wildman–Crippen LogP) is 4.21. The molecular formula is C17H14ClN3O. The van der Waals surface area contributed by atoms with Crippen LogP contribution in [0.2, 0.25) is 5.02 Å². The number of nitrogens with zero attached hydrogens (tertiary/aromatic N) is 1. The summed E-state index contributed by atoms with van der Waals surface area (Å²) in [7, 11) is 0. The van der Waals surface area contributed by atoms with Crippen LogP contribution in [0.15, 0.2) is 60.8 Å². The van der Waals surface area contributed by atoms with Gasteiger partial charge >= 0.3 is 6.03 Å². The van der Waals surface area contributed by atoms with Gasteiger partial charge in [0.1, 0.15) is 0 Å². The Labute approximate surface area is 133 Å². The lowest BCUT2D eigenvalue weighted by Crippen LogP contribution is -2.28. The number of para-hydroxylation sites is 1. The highest BCUT2D eigenvalue weighted by Gasteiger charge is 2.03. The third-order valence-corrected chi connectivity index (χ3v) is 3.47. The molecule has 5 heteroatoms. The molecule has 2 aromatic carbocycles. The van der Waals surface area contributed by atoms with Crippen molar-refractivity contribution in [3.63, 3.8) is 0 Å². The van der Waals surface area contributed by atoms with Gasteiger partial charge in [-0.05, 0) is 29.8 Å². The van der Waals surface area contributed by atoms with Gasteiger partial charge in [0, 0.05) is 17.0 Å². The van der Waals surface area contributed by atoms with Crippen molar-refractivity contribution in [1.82, 2.24) is 10.3 Å². The SMILES string of the molecule is O=C(NCc1ccc(Cl)cc1)Nc1cnc2ccccc2c1. The summed E-state index contributed by atoms with van der Waals surface area (Å²) in [5.74, 6) is 0. The Balaban J connectivity index is 1.61. The standard InChI is InChI=1S/C17H14ClN3O/c18-14-7-5-12(6-8-14)10-20-17(22)21-15-9-13-3-1-2-4-16(13)19-11-15/h1-9,11H,10H2,(H2,20,21,22). The summed E-state index contributed by atoms with van der Waals surface area (Å²) in [6, 6.07) is 16.7. The van der Waals surface area contributed by atoms with E-state index in [1.54, 1.807) is 18.3 Å². The fourth-order valence-corrected chi connectivity index (χ4v) is 2.23. The Hall–Kier alpha value is -2.59. The average Bonchev–Trinajstić information content (AvgIpc) is 2.54. The lowest BCUT2D eigenvalue weighted by atomic mass is 10.2. The Kier molecular flexibility index (Phi) is 4.21. The minimum absolute atomic E-state index is 0.271. The number of carbonyl (C=O) groups excluding carboxylic acids is 1. The largest absolute Gasteiger partial charge is 0.334 e. The van der Waals surface area contributed by atoms with E-state index in [0.717, 1.165) is 16.5 Å². The van der Waals surface area contributed by atoms with Crippen molar-refractivity contribution in [2.24, 2.45) is 0 Å². The molecule has 0 radical (unpaired) electrons. The van der Waals surface area contributed by atoms with Crippen LogP contribution in [0.25, 0.3) is 10.9 Å². The van der Waals surface area contributed by atoms with Crippen molar-refractivity contribution >= 4 is 34.2 Å². The van der Waals surface area contributed by atoms with Crippen molar-refractivity contribution < 1.29 is 4.79 Å². The molecule has 1 aromatic heterocycles. The number of benzene rings is 2. The summed E-state index contributed by atoms with van der Waals surface area (Å²) in [5, 5.41) is 7.23. The van der Waals surface area contributed by atoms with E-state index in [1.807, 2.05) is 42.5 Å². The van der Waals surface area contributed by atoms with E-state index < -0.39 is 0 Å². The van der Waals surface area contributed by atoms with Crippen LogP contribution in [0.1, 0.15) is 5.56 Å². The number of aromatic nitrogens is 1. The van der Waals surface area contributed by atoms with Gasteiger partial charge in [-0.15, -0.1) is 0 Å². The van der Waals surface area contributed by atoms with Crippen LogP contribution in [0.5, 0.6) is 0 Å². The number of rotatable bonds is 3. The molecular weight excluding hydrogens is 298 g/mol. The van der Waals surface area contributed by atoms with E-state index in [0.29, 0.717) is 17.3 Å². The topological polar surface area (TPSA) is 54.0 Å². The molecule has 0 bridgehead atoms. The molecule has 0 spiro atoms. The quantitative estimate of drug-likeness (QED) is 0.761. The van der Waals surface area contributed by atoms with Crippen LogP contribution >= 0.6 is 11.6 Å². The summed E-state index contributed by atoms with van der Waals surface area (Å²) < 4.78 is 0. The lowest BCUT2D eigenvalue weighted by Gasteiger charge is -2.08. The fourth-order valence-electron chi connectivity index (χ4n) is 2.10. The maximum absolute atomic E-state index is 11.9. The van der Waals surface area contributed by atoms with Crippen molar-refractivity contribution in [1.29, 1.82) is 0 Å². The number of halogens is 1. The number of fused-ring (bicyclic) bond motifs is 1. The van der Waals surface area contributed by atoms with E-state index in [9.17, 15) is 4.79 Å². The molecule has 3 rings (SSSR count). The van der Waals surface area contributed by atoms with Crippen molar-refractivity contribution in [2.45, 2.75) is 6.54 Å². The van der Waals surface area contributed by atoms with Crippen LogP contribution in [0.4, 0.5) is 10.5 Å². The maximum atomic E-state index is 11.9. The van der Waals surface area contributed by atoms with Gasteiger partial charge in [0.2, 0.25) is 0 Å². The number of carbonyl (C=O) groups is 1. The highest BCUT2D eigenvalue weighted by Crippen LogP contribution is 2.16. The molecule has 0 unspecified atom stereocenters. The van der Waals surface area contributed by atoms with Crippen LogP contribution in [0.3, 0.4) is 0 Å². The highest BCUT2D eigenvalue weighted by atomic mass is 35.5. The van der Waals surface area contributed by atoms with Gasteiger partial charge < -0.3 is 10.6 Å². The van der Waals surface area contributed by atoms with Gasteiger partial charge in [0.05, 0.1) is 17.4 Å². The molecule has 22 heavy (non-hydrogen) atoms. The summed E-state index contributed by atoms with van der Waals surface area (Å²) in [4.78, 5) is 16.2. The second-order valence-corrected chi connectivity index (χ2v) is 5.29. The molecule has 1 heterocycles. The second kappa shape index (κ2) is 6.45. The maximum Gasteiger partial charge on any atom is 0.319 e. The van der Waals surface area contributed by atoms with Gasteiger partial charge in [-0.1, -0.05) is 41.9 Å². The monoisotopic (exact) mass is 311 g/mol. The molecule has 2 N–H and O–H groups in total. The van der Waals surface area contributed by atoms with E-state index in [-0.39, 0.29) is 6.03 Å². The van der Waals surface area contributed by atoms with Crippen molar-refractivity contribution in [3.8, 4) is 0 Å². The number of hydrogen-bond donors (Lipinski definition) is 2. The summed E-state index contributed by atoms with van der Waals surface area (Å²) in [6.07, 6.45) is 1.64. The second-order valence-electron chi connectivity index (χ2n) is 4.85. The zero-order valence-electron chi connectivity index (χ0n) is 11.7. The summed E-state index contributed by atoms with van der Waals surface area (Å²) >= 11 is 5.82. The number of hydrogen-bond acceptors (Lipinski definition) is 2. The Morgan fingerprint density at radius 2 is 1.86 bits per heavy atom. The number of pyridine rings is 1. The first-order valence-electron chi connectivity index (χ1n) is 6.85. The molecule has 3 aromatic rings. The molecule has 4 nitrogen and oxygen atoms in total. The highest BCUT2D eigenvalue weighted by molar-refractivity contribution is 6.30. The van der Waals surface area contributed by atoms with Gasteiger partial charge in [-0.2, -0.15) is 0 Å². The van der Waals surface area contributed by atoms with Crippen LogP contribution < -0.4 is 10.6 Å². The van der Waals surface area contributed by atoms with Crippen molar-refractivity contribution in [3.05, 3.63) is 71.4 Å². The van der Waals surface area contributed by atoms with Crippen molar-refractivity contribution in [2.75, 3.05) is 5.32 Å². The zero-order valence-corrected chi connectivity index (χ0v) is 12.5. The predicted molar refractivity (Wildman–Crippen MR) is 89.1 cm³/mol. The number of urea groups is 1. The van der Waals surface area contributed by atoms with Gasteiger partial charge in [0.15, 0.2) is 0 Å². The Bertz CT molecular complexity index is 802. The minimum Gasteiger partial charge on any atom is -0.334 e. The molecule has 0 atom stereocenters. The van der Waals surface area contributed by atoms with Gasteiger partial charge in [0.25, 0.3) is 0 Å². The fraction of sp³-hybridized carbons (Fsp3) is 0.0588. The Morgan fingerprint density at radius 3 is 2.68 bits per heavy atom. The number of nitrogens with one attached hydrogen (secondary N) is 2. The molecule has 2 amide bonds. The van der Waals surface area contributed by atoms with Gasteiger partial charge in [-0.3, -0.25) is 4.98 Å². The molecule has 110 valence electrons. The smallest absolute Gasteiger partial charge is 0.319 e. The molecule has 0 aliphatic rings. The molecule has 0 aliphatic heterocycles. The Morgan fingerprint density at radius 1 is 1.09 bits per heavy atom. The zero-order chi connectivity index (χ0) is 15.4. The summed E-state index contributed by atoms with van der Waals surface area (Å²) in [5.41, 5.74) is 2.54. The minimum atomic E-state index is -0.271. The van der Waals surface area contributed by atoms with Crippen LogP contribution in [-0.4, -0.2) is 11.0 Å². The van der Waals surface area contributed by atoms with E-state index >= 15 is 0 Å². The molecule has 0 saturated carbocycles. The van der Waals surface area contributed by atoms with Gasteiger partial charge in [-0.25, -0.2) is 4.79 Å². The first-order chi connectivity index (χ1) is 10.7. The van der Waals surface area contributed by atoms with E-state index in [1.165, 1.54) is 0 Å². The van der Waals surface area contributed by atoms with Crippen LogP contribution in [-0.2, 0) is 6.54 Å². The first kappa shape index (κ1) is 14.4. The molecule has 0 fully saturated rings. The number of anilines is 1. The molecule has 0 aliphatic carbocycles. The normalized spacial score (nSPS) is 10.4. The summed E-state index contributed by atoms with van der Waals surface area (Å²) in [6.45, 7) is 0.435.